The lowest BCUT2D eigenvalue weighted by Gasteiger charge is -2.24. The number of carbonyl (C=O) groups excluding carboxylic acids is 1. The third-order valence-corrected chi connectivity index (χ3v) is 3.28. The van der Waals surface area contributed by atoms with Crippen molar-refractivity contribution in [2.45, 2.75) is 17.5 Å². The van der Waals surface area contributed by atoms with Gasteiger partial charge in [-0.3, -0.25) is 0 Å². The highest BCUT2D eigenvalue weighted by molar-refractivity contribution is 7.89. The van der Waals surface area contributed by atoms with Gasteiger partial charge in [0.05, 0.1) is 25.9 Å². The number of ether oxygens (including phenoxy) is 2. The van der Waals surface area contributed by atoms with Gasteiger partial charge in [-0.2, -0.15) is 5.10 Å². The van der Waals surface area contributed by atoms with Crippen LogP contribution < -0.4 is 15.2 Å². The number of alkyl carbamates (subject to hydrolysis) is 1. The Labute approximate surface area is 103 Å². The monoisotopic (exact) mass is 276 g/mol. The lowest BCUT2D eigenvalue weighted by atomic mass is 10.3. The number of nitrogens with zero attached hydrogens (tertiary/aromatic N) is 2. The second-order valence-corrected chi connectivity index (χ2v) is 5.21. The summed E-state index contributed by atoms with van der Waals surface area (Å²) < 4.78 is 33.5. The number of sulfonamides is 1. The minimum atomic E-state index is -3.87. The zero-order valence-corrected chi connectivity index (χ0v) is 10.3. The number of rotatable bonds is 2. The molecule has 0 aliphatic carbocycles. The molecule has 100 valence electrons. The summed E-state index contributed by atoms with van der Waals surface area (Å²) in [6.45, 7) is 0.392. The summed E-state index contributed by atoms with van der Waals surface area (Å²) in [7, 11) is -2.62. The quantitative estimate of drug-likeness (QED) is 0.687. The molecule has 0 saturated carbocycles. The maximum absolute atomic E-state index is 11.2. The van der Waals surface area contributed by atoms with Crippen molar-refractivity contribution in [1.29, 1.82) is 0 Å². The first-order valence-corrected chi connectivity index (χ1v) is 6.52. The van der Waals surface area contributed by atoms with Gasteiger partial charge in [0.25, 0.3) is 0 Å². The molecule has 1 aliphatic rings. The zero-order valence-electron chi connectivity index (χ0n) is 9.49. The van der Waals surface area contributed by atoms with Crippen molar-refractivity contribution in [2.75, 3.05) is 13.7 Å². The van der Waals surface area contributed by atoms with Gasteiger partial charge in [-0.1, -0.05) is 0 Å². The van der Waals surface area contributed by atoms with Crippen molar-refractivity contribution in [1.82, 2.24) is 15.1 Å². The van der Waals surface area contributed by atoms with Crippen molar-refractivity contribution in [3.63, 3.8) is 0 Å². The molecule has 10 heteroatoms. The molecule has 0 bridgehead atoms. The molecule has 0 radical (unpaired) electrons. The van der Waals surface area contributed by atoms with Gasteiger partial charge < -0.3 is 14.8 Å². The van der Waals surface area contributed by atoms with Gasteiger partial charge in [-0.15, -0.1) is 0 Å². The number of amides is 1. The summed E-state index contributed by atoms with van der Waals surface area (Å²) in [6.07, 6.45) is 0.524. The fourth-order valence-electron chi connectivity index (χ4n) is 1.58. The van der Waals surface area contributed by atoms with Crippen LogP contribution in [0.5, 0.6) is 5.88 Å². The van der Waals surface area contributed by atoms with Crippen LogP contribution in [0.2, 0.25) is 0 Å². The first-order valence-electron chi connectivity index (χ1n) is 4.97. The van der Waals surface area contributed by atoms with Crippen LogP contribution in [0.4, 0.5) is 4.79 Å². The molecule has 0 saturated heterocycles. The number of carbonyl (C=O) groups is 1. The van der Waals surface area contributed by atoms with Gasteiger partial charge in [0.15, 0.2) is 4.90 Å². The van der Waals surface area contributed by atoms with Gasteiger partial charge in [-0.05, 0) is 0 Å². The maximum atomic E-state index is 11.2. The van der Waals surface area contributed by atoms with E-state index in [-0.39, 0.29) is 30.0 Å². The number of hydrogen-bond acceptors (Lipinski definition) is 6. The average molecular weight is 276 g/mol. The third-order valence-electron chi connectivity index (χ3n) is 2.39. The zero-order chi connectivity index (χ0) is 13.3. The van der Waals surface area contributed by atoms with E-state index in [4.69, 9.17) is 9.88 Å². The van der Waals surface area contributed by atoms with Crippen LogP contribution in [0.25, 0.3) is 0 Å². The van der Waals surface area contributed by atoms with E-state index in [2.05, 4.69) is 15.2 Å². The first kappa shape index (κ1) is 12.6. The summed E-state index contributed by atoms with van der Waals surface area (Å²) in [4.78, 5) is 10.9. The van der Waals surface area contributed by atoms with Crippen molar-refractivity contribution < 1.29 is 22.7 Å². The average Bonchev–Trinajstić information content (AvgIpc) is 2.71. The number of fused-ring (bicyclic) bond motifs is 1. The number of nitrogens with one attached hydrogen (secondary N) is 1. The topological polar surface area (TPSA) is 126 Å². The largest absolute Gasteiger partial charge is 0.475 e. The standard InChI is InChI=1S/C8H12N4O5S/c1-16-8(13)11-5-3-12-7(17-4-5)6(2-10-12)18(9,14)15/h2,5H,3-4H2,1H3,(H,11,13)(H2,9,14,15). The summed E-state index contributed by atoms with van der Waals surface area (Å²) in [5, 5.41) is 11.4. The van der Waals surface area contributed by atoms with Crippen LogP contribution in [0, 0.1) is 0 Å². The van der Waals surface area contributed by atoms with Gasteiger partial charge in [0.2, 0.25) is 15.9 Å². The Bertz CT molecular complexity index is 566. The predicted molar refractivity (Wildman–Crippen MR) is 58.4 cm³/mol. The smallest absolute Gasteiger partial charge is 0.407 e. The second-order valence-electron chi connectivity index (χ2n) is 3.68. The van der Waals surface area contributed by atoms with Crippen LogP contribution in [-0.4, -0.2) is 44.1 Å². The number of hydrogen-bond donors (Lipinski definition) is 2. The Kier molecular flexibility index (Phi) is 3.13. The SMILES string of the molecule is COC(=O)NC1COc2c(S(N)(=O)=O)cnn2C1. The molecule has 18 heavy (non-hydrogen) atoms. The van der Waals surface area contributed by atoms with Crippen LogP contribution in [0.3, 0.4) is 0 Å². The lowest BCUT2D eigenvalue weighted by Crippen LogP contribution is -2.45. The van der Waals surface area contributed by atoms with Crippen molar-refractivity contribution in [2.24, 2.45) is 5.14 Å². The van der Waals surface area contributed by atoms with Crippen LogP contribution in [0.1, 0.15) is 0 Å². The molecule has 0 fully saturated rings. The highest BCUT2D eigenvalue weighted by Crippen LogP contribution is 2.25. The normalized spacial score (nSPS) is 18.7. The predicted octanol–water partition coefficient (Wildman–Crippen LogP) is -1.35. The minimum absolute atomic E-state index is 0.0837. The second kappa shape index (κ2) is 4.46. The summed E-state index contributed by atoms with van der Waals surface area (Å²) in [5.41, 5.74) is 0. The number of methoxy groups -OCH3 is 1. The van der Waals surface area contributed by atoms with Crippen molar-refractivity contribution >= 4 is 16.1 Å². The maximum Gasteiger partial charge on any atom is 0.407 e. The van der Waals surface area contributed by atoms with Crippen molar-refractivity contribution in [3.8, 4) is 5.88 Å². The molecule has 3 N–H and O–H groups in total. The molecule has 2 rings (SSSR count). The fourth-order valence-corrected chi connectivity index (χ4v) is 2.18. The molecule has 1 atom stereocenters. The van der Waals surface area contributed by atoms with Crippen LogP contribution in [0.15, 0.2) is 11.1 Å². The Morgan fingerprint density at radius 1 is 1.72 bits per heavy atom. The molecular weight excluding hydrogens is 264 g/mol. The van der Waals surface area contributed by atoms with Crippen molar-refractivity contribution in [3.05, 3.63) is 6.20 Å². The molecule has 0 spiro atoms. The number of primary sulfonamides is 1. The van der Waals surface area contributed by atoms with Crippen LogP contribution in [-0.2, 0) is 21.3 Å². The highest BCUT2D eigenvalue weighted by atomic mass is 32.2. The van der Waals surface area contributed by atoms with Gasteiger partial charge in [0, 0.05) is 0 Å². The molecule has 1 unspecified atom stereocenters. The minimum Gasteiger partial charge on any atom is -0.475 e. The molecular formula is C8H12N4O5S. The summed E-state index contributed by atoms with van der Waals surface area (Å²) in [5.74, 6) is 0.0837. The third kappa shape index (κ3) is 2.38. The molecule has 1 aliphatic heterocycles. The van der Waals surface area contributed by atoms with E-state index in [1.165, 1.54) is 11.8 Å². The van der Waals surface area contributed by atoms with E-state index in [9.17, 15) is 13.2 Å². The van der Waals surface area contributed by atoms with Gasteiger partial charge in [0.1, 0.15) is 6.61 Å². The Hall–Kier alpha value is -1.81. The Morgan fingerprint density at radius 2 is 2.44 bits per heavy atom. The lowest BCUT2D eigenvalue weighted by molar-refractivity contribution is 0.141. The molecule has 2 heterocycles. The van der Waals surface area contributed by atoms with E-state index in [0.29, 0.717) is 0 Å². The van der Waals surface area contributed by atoms with E-state index < -0.39 is 16.1 Å². The Balaban J connectivity index is 2.17. The molecule has 1 aromatic rings. The Morgan fingerprint density at radius 3 is 3.06 bits per heavy atom. The van der Waals surface area contributed by atoms with E-state index in [1.807, 2.05) is 0 Å². The van der Waals surface area contributed by atoms with Crippen LogP contribution >= 0.6 is 0 Å². The summed E-state index contributed by atoms with van der Waals surface area (Å²) >= 11 is 0. The summed E-state index contributed by atoms with van der Waals surface area (Å²) in [6, 6.07) is -0.349. The van der Waals surface area contributed by atoms with Gasteiger partial charge in [-0.25, -0.2) is 23.0 Å². The highest BCUT2D eigenvalue weighted by Gasteiger charge is 2.28. The fraction of sp³-hybridized carbons (Fsp3) is 0.500. The first-order chi connectivity index (χ1) is 8.41. The molecule has 1 aromatic heterocycles. The molecule has 0 aromatic carbocycles. The number of nitrogens with two attached hydrogens (primary N) is 1. The van der Waals surface area contributed by atoms with E-state index >= 15 is 0 Å². The molecule has 9 nitrogen and oxygen atoms in total. The van der Waals surface area contributed by atoms with E-state index in [0.717, 1.165) is 6.20 Å². The number of aromatic nitrogens is 2. The molecule has 1 amide bonds. The van der Waals surface area contributed by atoms with E-state index in [1.54, 1.807) is 0 Å². The van der Waals surface area contributed by atoms with Gasteiger partial charge >= 0.3 is 6.09 Å².